The van der Waals surface area contributed by atoms with E-state index in [0.29, 0.717) is 17.2 Å². The second kappa shape index (κ2) is 13.4. The van der Waals surface area contributed by atoms with Gasteiger partial charge in [0.05, 0.1) is 23.9 Å². The van der Waals surface area contributed by atoms with E-state index >= 15 is 0 Å². The standard InChI is InChI=1S/C33H30F4N4O3S/c1-5-26(21-7-9-29(37)27(14-21)19(3)38)33(39-6-2)30(13-20-11-24(35)16-25(36)12-20)40-32(42)15-22-18-41(45(4,43)44)31-10-8-23(34)17-28(22)31/h5-12,14,16-18,38H,13,15H2,1-4H3,(H,40,42)/b26-5-,33-30-,38-19?,39-6?. The number of carbonyl (C=O) groups excluding carboxylic acids is 1. The molecule has 0 bridgehead atoms. The number of amides is 1. The van der Waals surface area contributed by atoms with Crippen molar-refractivity contribution in [2.45, 2.75) is 33.6 Å². The molecule has 0 unspecified atom stereocenters. The van der Waals surface area contributed by atoms with Gasteiger partial charge in [0.1, 0.15) is 23.3 Å². The Balaban J connectivity index is 1.85. The summed E-state index contributed by atoms with van der Waals surface area (Å²) in [7, 11) is -3.79. The Kier molecular flexibility index (Phi) is 9.87. The van der Waals surface area contributed by atoms with Gasteiger partial charge in [-0.15, -0.1) is 0 Å². The summed E-state index contributed by atoms with van der Waals surface area (Å²) in [6, 6.07) is 10.6. The van der Waals surface area contributed by atoms with Gasteiger partial charge >= 0.3 is 0 Å². The van der Waals surface area contributed by atoms with E-state index in [1.165, 1.54) is 43.6 Å². The van der Waals surface area contributed by atoms with Crippen LogP contribution < -0.4 is 5.32 Å². The molecule has 0 atom stereocenters. The Bertz CT molecular complexity index is 2010. The average molecular weight is 639 g/mol. The van der Waals surface area contributed by atoms with Gasteiger partial charge in [0, 0.05) is 52.8 Å². The van der Waals surface area contributed by atoms with E-state index in [1.54, 1.807) is 19.9 Å². The number of nitrogens with zero attached hydrogens (tertiary/aromatic N) is 2. The fourth-order valence-corrected chi connectivity index (χ4v) is 5.84. The first-order chi connectivity index (χ1) is 21.2. The van der Waals surface area contributed by atoms with Crippen LogP contribution >= 0.6 is 0 Å². The van der Waals surface area contributed by atoms with E-state index < -0.39 is 39.2 Å². The fourth-order valence-electron chi connectivity index (χ4n) is 5.00. The number of allylic oxidation sites excluding steroid dienone is 3. The molecule has 0 saturated carbocycles. The topological polar surface area (TPSA) is 104 Å². The lowest BCUT2D eigenvalue weighted by Gasteiger charge is -2.18. The maximum atomic E-state index is 14.5. The van der Waals surface area contributed by atoms with Crippen LogP contribution in [0.5, 0.6) is 0 Å². The minimum Gasteiger partial charge on any atom is -0.327 e. The third-order valence-electron chi connectivity index (χ3n) is 6.89. The van der Waals surface area contributed by atoms with Crippen LogP contribution in [0.3, 0.4) is 0 Å². The lowest BCUT2D eigenvalue weighted by atomic mass is 9.96. The summed E-state index contributed by atoms with van der Waals surface area (Å²) in [6.07, 6.45) is 4.76. The van der Waals surface area contributed by atoms with E-state index in [-0.39, 0.29) is 57.5 Å². The first kappa shape index (κ1) is 33.1. The molecule has 0 fully saturated rings. The van der Waals surface area contributed by atoms with E-state index in [2.05, 4.69) is 10.3 Å². The van der Waals surface area contributed by atoms with Gasteiger partial charge in [-0.1, -0.05) is 12.1 Å². The van der Waals surface area contributed by atoms with Gasteiger partial charge in [-0.05, 0) is 79.9 Å². The lowest BCUT2D eigenvalue weighted by molar-refractivity contribution is -0.119. The van der Waals surface area contributed by atoms with Crippen molar-refractivity contribution in [3.8, 4) is 0 Å². The lowest BCUT2D eigenvalue weighted by Crippen LogP contribution is -2.27. The second-order valence-electron chi connectivity index (χ2n) is 10.3. The molecule has 12 heteroatoms. The van der Waals surface area contributed by atoms with Gasteiger partial charge < -0.3 is 10.7 Å². The minimum atomic E-state index is -3.79. The normalized spacial score (nSPS) is 12.9. The summed E-state index contributed by atoms with van der Waals surface area (Å²) in [5, 5.41) is 10.9. The zero-order chi connectivity index (χ0) is 33.1. The number of nitrogens with one attached hydrogen (secondary N) is 2. The zero-order valence-electron chi connectivity index (χ0n) is 24.9. The summed E-state index contributed by atoms with van der Waals surface area (Å²) in [6.45, 7) is 4.76. The number of benzene rings is 3. The molecule has 234 valence electrons. The first-order valence-electron chi connectivity index (χ1n) is 13.7. The molecule has 1 heterocycles. The zero-order valence-corrected chi connectivity index (χ0v) is 25.7. The van der Waals surface area contributed by atoms with Gasteiger partial charge in [-0.3, -0.25) is 9.79 Å². The Morgan fingerprint density at radius 3 is 2.24 bits per heavy atom. The molecule has 0 aliphatic heterocycles. The van der Waals surface area contributed by atoms with Crippen LogP contribution in [0.2, 0.25) is 0 Å². The summed E-state index contributed by atoms with van der Waals surface area (Å²) in [4.78, 5) is 18.1. The highest BCUT2D eigenvalue weighted by Gasteiger charge is 2.21. The summed E-state index contributed by atoms with van der Waals surface area (Å²) < 4.78 is 82.8. The van der Waals surface area contributed by atoms with Crippen molar-refractivity contribution in [1.82, 2.24) is 9.29 Å². The van der Waals surface area contributed by atoms with Crippen LogP contribution in [0.25, 0.3) is 16.5 Å². The van der Waals surface area contributed by atoms with Crippen LogP contribution in [-0.2, 0) is 27.7 Å². The molecule has 0 saturated heterocycles. The number of hydrogen-bond acceptors (Lipinski definition) is 5. The molecule has 4 rings (SSSR count). The fraction of sp³-hybridized carbons (Fsp3) is 0.182. The summed E-state index contributed by atoms with van der Waals surface area (Å²) in [5.74, 6) is -3.53. The number of aliphatic imine (C=N–C) groups is 1. The van der Waals surface area contributed by atoms with Gasteiger partial charge in [0.15, 0.2) is 0 Å². The first-order valence-corrected chi connectivity index (χ1v) is 15.6. The van der Waals surface area contributed by atoms with Gasteiger partial charge in [0.25, 0.3) is 0 Å². The maximum absolute atomic E-state index is 14.5. The number of halogens is 4. The van der Waals surface area contributed by atoms with Crippen LogP contribution in [0.4, 0.5) is 17.6 Å². The molecule has 2 N–H and O–H groups in total. The van der Waals surface area contributed by atoms with Crippen LogP contribution in [0.1, 0.15) is 43.0 Å². The summed E-state index contributed by atoms with van der Waals surface area (Å²) >= 11 is 0. The number of fused-ring (bicyclic) bond motifs is 1. The summed E-state index contributed by atoms with van der Waals surface area (Å²) in [5.41, 5.74) is 1.85. The highest BCUT2D eigenvalue weighted by atomic mass is 32.2. The Hall–Kier alpha value is -4.84. The van der Waals surface area contributed by atoms with Crippen LogP contribution in [0.15, 0.2) is 83.3 Å². The molecule has 0 radical (unpaired) electrons. The van der Waals surface area contributed by atoms with E-state index in [9.17, 15) is 30.8 Å². The van der Waals surface area contributed by atoms with Crippen molar-refractivity contribution in [3.63, 3.8) is 0 Å². The van der Waals surface area contributed by atoms with Crippen LogP contribution in [0, 0.1) is 28.7 Å². The van der Waals surface area contributed by atoms with Crippen molar-refractivity contribution in [2.75, 3.05) is 6.26 Å². The molecule has 1 aromatic heterocycles. The van der Waals surface area contributed by atoms with Crippen molar-refractivity contribution < 1.29 is 30.8 Å². The van der Waals surface area contributed by atoms with Crippen molar-refractivity contribution >= 4 is 44.3 Å². The number of hydrogen-bond donors (Lipinski definition) is 2. The Morgan fingerprint density at radius 1 is 0.956 bits per heavy atom. The molecular weight excluding hydrogens is 608 g/mol. The van der Waals surface area contributed by atoms with Gasteiger partial charge in [-0.25, -0.2) is 30.0 Å². The molecule has 0 aliphatic carbocycles. The number of rotatable bonds is 10. The molecule has 4 aromatic rings. The molecule has 0 spiro atoms. The quantitative estimate of drug-likeness (QED) is 0.115. The van der Waals surface area contributed by atoms with E-state index in [1.807, 2.05) is 0 Å². The Morgan fingerprint density at radius 2 is 1.64 bits per heavy atom. The van der Waals surface area contributed by atoms with Gasteiger partial charge in [0.2, 0.25) is 15.9 Å². The molecule has 3 aromatic carbocycles. The van der Waals surface area contributed by atoms with Crippen molar-refractivity contribution in [1.29, 1.82) is 5.41 Å². The molecule has 1 amide bonds. The SMILES string of the molecule is CC=NC(/C(=C\C)c1ccc(F)c(C(C)=N)c1)=C(/Cc1cc(F)cc(F)c1)NC(=O)Cc1cn(S(C)(=O)=O)c2ccc(F)cc12. The second-order valence-corrected chi connectivity index (χ2v) is 12.1. The largest absolute Gasteiger partial charge is 0.327 e. The smallest absolute Gasteiger partial charge is 0.236 e. The predicted molar refractivity (Wildman–Crippen MR) is 168 cm³/mol. The third-order valence-corrected chi connectivity index (χ3v) is 7.90. The van der Waals surface area contributed by atoms with Crippen molar-refractivity contribution in [3.05, 3.63) is 124 Å². The number of aromatic nitrogens is 1. The predicted octanol–water partition coefficient (Wildman–Crippen LogP) is 6.70. The monoisotopic (exact) mass is 638 g/mol. The highest BCUT2D eigenvalue weighted by Crippen LogP contribution is 2.30. The van der Waals surface area contributed by atoms with Crippen molar-refractivity contribution in [2.24, 2.45) is 4.99 Å². The van der Waals surface area contributed by atoms with Gasteiger partial charge in [-0.2, -0.15) is 0 Å². The third kappa shape index (κ3) is 7.63. The molecular formula is C33H30F4N4O3S. The molecule has 7 nitrogen and oxygen atoms in total. The number of carbonyl (C=O) groups is 1. The minimum absolute atomic E-state index is 0.0113. The van der Waals surface area contributed by atoms with E-state index in [0.717, 1.165) is 34.5 Å². The molecule has 0 aliphatic rings. The molecule has 45 heavy (non-hydrogen) atoms. The Labute approximate surface area is 258 Å². The van der Waals surface area contributed by atoms with Crippen LogP contribution in [-0.4, -0.2) is 36.5 Å². The average Bonchev–Trinajstić information content (AvgIpc) is 3.30. The maximum Gasteiger partial charge on any atom is 0.236 e. The van der Waals surface area contributed by atoms with E-state index in [4.69, 9.17) is 5.41 Å². The highest BCUT2D eigenvalue weighted by molar-refractivity contribution is 7.89.